The molecule has 1 atom stereocenters. The topological polar surface area (TPSA) is 77.8 Å². The summed E-state index contributed by atoms with van der Waals surface area (Å²) in [5, 5.41) is 10.3. The molecule has 1 unspecified atom stereocenters. The number of aliphatic hydroxyl groups excluding tert-OH is 1. The van der Waals surface area contributed by atoms with Gasteiger partial charge >= 0.3 is 5.97 Å². The fourth-order valence-corrected chi connectivity index (χ4v) is 6.10. The minimum Gasteiger partial charge on any atom is -0.494 e. The molecule has 2 aromatic heterocycles. The van der Waals surface area contributed by atoms with E-state index in [1.807, 2.05) is 10.6 Å². The number of hydrogen-bond donors (Lipinski definition) is 1. The van der Waals surface area contributed by atoms with Gasteiger partial charge < -0.3 is 19.1 Å². The molecule has 0 saturated heterocycles. The number of fused-ring (bicyclic) bond motifs is 2. The van der Waals surface area contributed by atoms with Crippen LogP contribution in [0.2, 0.25) is 0 Å². The molecule has 1 N–H and O–H groups in total. The van der Waals surface area contributed by atoms with E-state index in [9.17, 15) is 14.7 Å². The molecule has 0 amide bonds. The van der Waals surface area contributed by atoms with Crippen LogP contribution >= 0.6 is 11.3 Å². The lowest BCUT2D eigenvalue weighted by atomic mass is 9.88. The van der Waals surface area contributed by atoms with E-state index in [4.69, 9.17) is 9.47 Å². The van der Waals surface area contributed by atoms with Gasteiger partial charge in [-0.15, -0.1) is 11.3 Å². The van der Waals surface area contributed by atoms with Gasteiger partial charge in [0.25, 0.3) is 0 Å². The van der Waals surface area contributed by atoms with Gasteiger partial charge in [-0.1, -0.05) is 0 Å². The zero-order valence-corrected chi connectivity index (χ0v) is 19.2. The molecule has 1 saturated carbocycles. The maximum atomic E-state index is 13.2. The van der Waals surface area contributed by atoms with Crippen LogP contribution in [0.4, 0.5) is 0 Å². The molecule has 168 valence electrons. The van der Waals surface area contributed by atoms with Crippen LogP contribution in [0.25, 0.3) is 21.3 Å². The number of benzene rings is 1. The van der Waals surface area contributed by atoms with Crippen molar-refractivity contribution in [2.24, 2.45) is 0 Å². The summed E-state index contributed by atoms with van der Waals surface area (Å²) in [5.74, 6) is 0.255. The quantitative estimate of drug-likeness (QED) is 0.549. The van der Waals surface area contributed by atoms with Crippen LogP contribution in [0, 0.1) is 0 Å². The van der Waals surface area contributed by atoms with E-state index in [0.717, 1.165) is 48.1 Å². The Morgan fingerprint density at radius 1 is 1.28 bits per heavy atom. The number of rotatable bonds is 6. The Morgan fingerprint density at radius 2 is 2.09 bits per heavy atom. The van der Waals surface area contributed by atoms with Gasteiger partial charge in [0.1, 0.15) is 5.56 Å². The number of thiophene rings is 1. The molecule has 0 bridgehead atoms. The second-order valence-electron chi connectivity index (χ2n) is 8.53. The summed E-state index contributed by atoms with van der Waals surface area (Å²) in [4.78, 5) is 28.0. The van der Waals surface area contributed by atoms with Gasteiger partial charge in [0.2, 0.25) is 5.43 Å². The molecule has 2 aliphatic rings. The number of ether oxygens (including phenoxy) is 2. The van der Waals surface area contributed by atoms with Gasteiger partial charge in [0, 0.05) is 40.1 Å². The van der Waals surface area contributed by atoms with E-state index < -0.39 is 5.97 Å². The average Bonchev–Trinajstić information content (AvgIpc) is 3.55. The smallest absolute Gasteiger partial charge is 0.343 e. The van der Waals surface area contributed by atoms with E-state index in [0.29, 0.717) is 11.1 Å². The highest BCUT2D eigenvalue weighted by molar-refractivity contribution is 7.15. The number of aromatic nitrogens is 1. The van der Waals surface area contributed by atoms with E-state index in [2.05, 4.69) is 6.07 Å². The van der Waals surface area contributed by atoms with Gasteiger partial charge in [-0.3, -0.25) is 4.79 Å². The van der Waals surface area contributed by atoms with E-state index in [-0.39, 0.29) is 36.2 Å². The van der Waals surface area contributed by atoms with Crippen LogP contribution < -0.4 is 10.2 Å². The van der Waals surface area contributed by atoms with Gasteiger partial charge in [-0.25, -0.2) is 4.79 Å². The third kappa shape index (κ3) is 3.44. The molecule has 5 rings (SSSR count). The summed E-state index contributed by atoms with van der Waals surface area (Å²) in [6.07, 6.45) is 6.77. The maximum Gasteiger partial charge on any atom is 0.343 e. The number of pyridine rings is 1. The summed E-state index contributed by atoms with van der Waals surface area (Å²) in [7, 11) is 1.63. The predicted octanol–water partition coefficient (Wildman–Crippen LogP) is 4.66. The minimum atomic E-state index is -0.585. The molecular formula is C25H27NO5S. The van der Waals surface area contributed by atoms with Crippen LogP contribution in [0.5, 0.6) is 5.75 Å². The van der Waals surface area contributed by atoms with E-state index in [1.165, 1.54) is 10.4 Å². The third-order valence-electron chi connectivity index (χ3n) is 6.51. The largest absolute Gasteiger partial charge is 0.494 e. The lowest BCUT2D eigenvalue weighted by molar-refractivity contribution is 0.0524. The number of hydrogen-bond acceptors (Lipinski definition) is 6. The standard InChI is InChI=1S/C25H27NO5S/c1-3-31-25(29)19-12-26(15-7-8-15)22-17(23(19)28)10-9-16(24(22)30-2)21-11-18-14(13-27)5-4-6-20(18)32-21/h9-12,14-15,27H,3-8,13H2,1-2H3. The fourth-order valence-electron chi connectivity index (χ4n) is 4.78. The van der Waals surface area contributed by atoms with Crippen molar-refractivity contribution < 1.29 is 19.4 Å². The molecule has 3 aromatic rings. The zero-order chi connectivity index (χ0) is 22.4. The molecule has 7 heteroatoms. The summed E-state index contributed by atoms with van der Waals surface area (Å²) in [6, 6.07) is 6.14. The number of esters is 1. The van der Waals surface area contributed by atoms with Gasteiger partial charge in [0.15, 0.2) is 5.75 Å². The average molecular weight is 454 g/mol. The second-order valence-corrected chi connectivity index (χ2v) is 9.67. The Balaban J connectivity index is 1.73. The molecule has 2 heterocycles. The fraction of sp³-hybridized carbons (Fsp3) is 0.440. The first-order valence-corrected chi connectivity index (χ1v) is 12.1. The van der Waals surface area contributed by atoms with Crippen LogP contribution in [0.1, 0.15) is 65.4 Å². The number of methoxy groups -OCH3 is 1. The summed E-state index contributed by atoms with van der Waals surface area (Å²) in [6.45, 7) is 2.12. The second kappa shape index (κ2) is 8.37. The van der Waals surface area contributed by atoms with Gasteiger partial charge in [0.05, 0.1) is 24.6 Å². The SMILES string of the molecule is CCOC(=O)c1cn(C2CC2)c2c(OC)c(-c3cc4c(s3)CCCC4CO)ccc2c1=O. The predicted molar refractivity (Wildman–Crippen MR) is 125 cm³/mol. The zero-order valence-electron chi connectivity index (χ0n) is 18.3. The monoisotopic (exact) mass is 453 g/mol. The number of carbonyl (C=O) groups excluding carboxylic acids is 1. The Morgan fingerprint density at radius 3 is 2.78 bits per heavy atom. The number of carbonyl (C=O) groups is 1. The highest BCUT2D eigenvalue weighted by Crippen LogP contribution is 2.46. The highest BCUT2D eigenvalue weighted by atomic mass is 32.1. The summed E-state index contributed by atoms with van der Waals surface area (Å²) < 4.78 is 13.1. The molecule has 6 nitrogen and oxygen atoms in total. The normalized spacial score (nSPS) is 17.9. The molecule has 32 heavy (non-hydrogen) atoms. The van der Waals surface area contributed by atoms with Crippen LogP contribution in [-0.2, 0) is 11.2 Å². The number of aryl methyl sites for hydroxylation is 1. The van der Waals surface area contributed by atoms with Crippen molar-refractivity contribution in [3.8, 4) is 16.2 Å². The Kier molecular flexibility index (Phi) is 5.55. The Labute approximate surface area is 190 Å². The van der Waals surface area contributed by atoms with Crippen LogP contribution in [-0.4, -0.2) is 36.0 Å². The van der Waals surface area contributed by atoms with Crippen molar-refractivity contribution in [3.05, 3.63) is 50.6 Å². The van der Waals surface area contributed by atoms with Crippen LogP contribution in [0.15, 0.2) is 29.2 Å². The molecule has 2 aliphatic carbocycles. The van der Waals surface area contributed by atoms with Crippen molar-refractivity contribution in [1.82, 2.24) is 4.57 Å². The third-order valence-corrected chi connectivity index (χ3v) is 7.75. The first-order chi connectivity index (χ1) is 15.6. The molecular weight excluding hydrogens is 426 g/mol. The Hall–Kier alpha value is -2.64. The van der Waals surface area contributed by atoms with Gasteiger partial charge in [-0.05, 0) is 62.8 Å². The van der Waals surface area contributed by atoms with Crippen LogP contribution in [0.3, 0.4) is 0 Å². The van der Waals surface area contributed by atoms with E-state index in [1.54, 1.807) is 37.6 Å². The molecule has 0 aliphatic heterocycles. The molecule has 0 spiro atoms. The lowest BCUT2D eigenvalue weighted by Gasteiger charge is -2.19. The van der Waals surface area contributed by atoms with E-state index >= 15 is 0 Å². The number of aliphatic hydroxyl groups is 1. The lowest BCUT2D eigenvalue weighted by Crippen LogP contribution is -2.21. The first kappa shape index (κ1) is 21.2. The van der Waals surface area contributed by atoms with Crippen molar-refractivity contribution >= 4 is 28.2 Å². The Bertz CT molecular complexity index is 1250. The summed E-state index contributed by atoms with van der Waals surface area (Å²) >= 11 is 1.74. The number of nitrogens with zero attached hydrogens (tertiary/aromatic N) is 1. The maximum absolute atomic E-state index is 13.2. The molecule has 0 radical (unpaired) electrons. The van der Waals surface area contributed by atoms with Crippen molar-refractivity contribution in [3.63, 3.8) is 0 Å². The molecule has 1 fully saturated rings. The van der Waals surface area contributed by atoms with Crippen molar-refractivity contribution in [2.45, 2.75) is 51.0 Å². The van der Waals surface area contributed by atoms with Gasteiger partial charge in [-0.2, -0.15) is 0 Å². The summed E-state index contributed by atoms with van der Waals surface area (Å²) in [5.41, 5.74) is 2.65. The van der Waals surface area contributed by atoms with Crippen molar-refractivity contribution in [1.29, 1.82) is 0 Å². The van der Waals surface area contributed by atoms with Crippen molar-refractivity contribution in [2.75, 3.05) is 20.3 Å². The minimum absolute atomic E-state index is 0.0680. The molecule has 1 aromatic carbocycles. The first-order valence-electron chi connectivity index (χ1n) is 11.2. The highest BCUT2D eigenvalue weighted by Gasteiger charge is 2.30.